The van der Waals surface area contributed by atoms with E-state index in [0.717, 1.165) is 135 Å². The zero-order valence-corrected chi connectivity index (χ0v) is 40.1. The van der Waals surface area contributed by atoms with Crippen molar-refractivity contribution in [2.24, 2.45) is 16.2 Å². The number of carbonyl (C=O) groups excluding carboxylic acids is 6. The third-order valence-corrected chi connectivity index (χ3v) is 11.5. The van der Waals surface area contributed by atoms with Crippen LogP contribution in [0.3, 0.4) is 0 Å². The SMILES string of the molecule is CCCCCC(=O)C(CCCC)(CCCC)C(=O)[O-].CCCCCC(=O)C(CCCC)(CCCC)C(=O)[O-].CCCCCC(=O)C(CCCC)(CCCC)C(=O)[O-].[Al+3]. The van der Waals surface area contributed by atoms with Gasteiger partial charge in [-0.25, -0.2) is 0 Å². The van der Waals surface area contributed by atoms with Crippen molar-refractivity contribution >= 4 is 52.6 Å². The minimum Gasteiger partial charge on any atom is -0.549 e. The minimum absolute atomic E-state index is 0. The number of unbranched alkanes of at least 4 members (excludes halogenated alkanes) is 12. The molecular formula is C48H87AlO9. The molecule has 0 N–H and O–H groups in total. The summed E-state index contributed by atoms with van der Waals surface area (Å²) in [6.07, 6.45) is 22.3. The summed E-state index contributed by atoms with van der Waals surface area (Å²) in [7, 11) is 0. The van der Waals surface area contributed by atoms with Gasteiger partial charge in [-0.2, -0.15) is 0 Å². The van der Waals surface area contributed by atoms with E-state index < -0.39 is 34.2 Å². The maximum Gasteiger partial charge on any atom is 3.00 e. The van der Waals surface area contributed by atoms with Gasteiger partial charge in [0.25, 0.3) is 0 Å². The van der Waals surface area contributed by atoms with Crippen LogP contribution in [-0.4, -0.2) is 52.6 Å². The molecule has 0 rings (SSSR count). The number of carboxylic acids is 3. The van der Waals surface area contributed by atoms with Gasteiger partial charge in [-0.05, 0) is 57.8 Å². The van der Waals surface area contributed by atoms with Gasteiger partial charge in [0.15, 0.2) is 0 Å². The van der Waals surface area contributed by atoms with E-state index in [1.165, 1.54) is 0 Å². The number of aliphatic carboxylic acids is 3. The van der Waals surface area contributed by atoms with Gasteiger partial charge in [0.2, 0.25) is 0 Å². The van der Waals surface area contributed by atoms with Crippen molar-refractivity contribution in [1.82, 2.24) is 0 Å². The Morgan fingerprint density at radius 3 is 0.569 bits per heavy atom. The molecule has 0 atom stereocenters. The van der Waals surface area contributed by atoms with Crippen molar-refractivity contribution in [2.45, 2.75) is 255 Å². The first kappa shape index (κ1) is 62.6. The number of hydrogen-bond donors (Lipinski definition) is 0. The van der Waals surface area contributed by atoms with Gasteiger partial charge in [0.05, 0.1) is 34.2 Å². The van der Waals surface area contributed by atoms with E-state index in [1.54, 1.807) is 0 Å². The van der Waals surface area contributed by atoms with E-state index >= 15 is 0 Å². The van der Waals surface area contributed by atoms with Gasteiger partial charge in [-0.1, -0.05) is 178 Å². The molecule has 0 amide bonds. The summed E-state index contributed by atoms with van der Waals surface area (Å²) < 4.78 is 0. The summed E-state index contributed by atoms with van der Waals surface area (Å²) in [4.78, 5) is 71.8. The first-order valence-electron chi connectivity index (χ1n) is 23.4. The molecule has 0 fully saturated rings. The van der Waals surface area contributed by atoms with Crippen molar-refractivity contribution < 1.29 is 44.1 Å². The fraction of sp³-hybridized carbons (Fsp3) is 0.875. The molecule has 58 heavy (non-hydrogen) atoms. The Bertz CT molecular complexity index is 930. The Labute approximate surface area is 366 Å². The zero-order chi connectivity index (χ0) is 44.2. The second-order valence-electron chi connectivity index (χ2n) is 16.4. The summed E-state index contributed by atoms with van der Waals surface area (Å²) in [5.41, 5.74) is -3.67. The molecule has 9 nitrogen and oxygen atoms in total. The zero-order valence-electron chi connectivity index (χ0n) is 39.0. The second kappa shape index (κ2) is 39.1. The molecule has 0 aliphatic rings. The molecule has 10 heteroatoms. The third-order valence-electron chi connectivity index (χ3n) is 11.5. The van der Waals surface area contributed by atoms with Gasteiger partial charge in [0.1, 0.15) is 17.3 Å². The van der Waals surface area contributed by atoms with Gasteiger partial charge in [0, 0.05) is 19.3 Å². The Morgan fingerprint density at radius 2 is 0.448 bits per heavy atom. The molecule has 0 aromatic heterocycles. The predicted octanol–water partition coefficient (Wildman–Crippen LogP) is 9.38. The second-order valence-corrected chi connectivity index (χ2v) is 16.4. The number of ketones is 3. The number of hydrogen-bond acceptors (Lipinski definition) is 9. The Hall–Kier alpha value is -2.05. The fourth-order valence-electron chi connectivity index (χ4n) is 7.36. The summed E-state index contributed by atoms with van der Waals surface area (Å²) in [6.45, 7) is 18.3. The number of carbonyl (C=O) groups is 6. The fourth-order valence-corrected chi connectivity index (χ4v) is 7.36. The third kappa shape index (κ3) is 24.3. The van der Waals surface area contributed by atoms with E-state index in [9.17, 15) is 44.1 Å². The first-order chi connectivity index (χ1) is 27.1. The van der Waals surface area contributed by atoms with E-state index in [2.05, 4.69) is 20.8 Å². The van der Waals surface area contributed by atoms with Crippen LogP contribution in [0, 0.1) is 16.2 Å². The Morgan fingerprint density at radius 1 is 0.293 bits per heavy atom. The maximum absolute atomic E-state index is 12.4. The molecule has 0 bridgehead atoms. The van der Waals surface area contributed by atoms with Gasteiger partial charge in [-0.15, -0.1) is 0 Å². The van der Waals surface area contributed by atoms with Crippen molar-refractivity contribution in [3.63, 3.8) is 0 Å². The van der Waals surface area contributed by atoms with Crippen LogP contribution in [0.1, 0.15) is 255 Å². The number of carboxylic acid groups (broad SMARTS) is 3. The van der Waals surface area contributed by atoms with Crippen LogP contribution >= 0.6 is 0 Å². The molecule has 0 aliphatic carbocycles. The van der Waals surface area contributed by atoms with Crippen molar-refractivity contribution in [3.05, 3.63) is 0 Å². The van der Waals surface area contributed by atoms with Crippen molar-refractivity contribution in [1.29, 1.82) is 0 Å². The predicted molar refractivity (Wildman–Crippen MR) is 233 cm³/mol. The topological polar surface area (TPSA) is 172 Å². The van der Waals surface area contributed by atoms with E-state index in [-0.39, 0.29) is 34.7 Å². The monoisotopic (exact) mass is 835 g/mol. The minimum atomic E-state index is -1.22. The molecule has 0 heterocycles. The van der Waals surface area contributed by atoms with Gasteiger partial charge >= 0.3 is 17.4 Å². The number of rotatable bonds is 36. The van der Waals surface area contributed by atoms with Crippen LogP contribution in [0.2, 0.25) is 0 Å². The molecule has 0 spiro atoms. The van der Waals surface area contributed by atoms with Crippen LogP contribution in [0.15, 0.2) is 0 Å². The standard InChI is InChI=1S/3C16H30O3.Al/c3*1-4-7-10-11-14(17)16(15(18)19,12-8-5-2)13-9-6-3;/h3*4-13H2,1-3H3,(H,18,19);/q;;;+3/p-3. The molecule has 0 saturated heterocycles. The van der Waals surface area contributed by atoms with Crippen LogP contribution in [0.25, 0.3) is 0 Å². The average molecular weight is 835 g/mol. The molecule has 0 unspecified atom stereocenters. The summed E-state index contributed by atoms with van der Waals surface area (Å²) >= 11 is 0. The molecule has 0 radical (unpaired) electrons. The normalized spacial score (nSPS) is 11.3. The van der Waals surface area contributed by atoms with Crippen LogP contribution < -0.4 is 15.3 Å². The van der Waals surface area contributed by atoms with Gasteiger partial charge in [-0.3, -0.25) is 14.4 Å². The number of Topliss-reactive ketones (excluding diaryl/α,β-unsaturated/α-hetero) is 3. The molecule has 0 aliphatic heterocycles. The van der Waals surface area contributed by atoms with Gasteiger partial charge < -0.3 is 29.7 Å². The van der Waals surface area contributed by atoms with E-state index in [4.69, 9.17) is 0 Å². The Kier molecular flexibility index (Phi) is 42.2. The van der Waals surface area contributed by atoms with Crippen LogP contribution in [-0.2, 0) is 28.8 Å². The van der Waals surface area contributed by atoms with Crippen LogP contribution in [0.4, 0.5) is 0 Å². The first-order valence-corrected chi connectivity index (χ1v) is 23.4. The van der Waals surface area contributed by atoms with E-state index in [0.29, 0.717) is 57.8 Å². The molecule has 336 valence electrons. The van der Waals surface area contributed by atoms with Crippen molar-refractivity contribution in [3.8, 4) is 0 Å². The summed E-state index contributed by atoms with van der Waals surface area (Å²) in [5, 5.41) is 34.7. The molecule has 0 aromatic rings. The maximum atomic E-state index is 12.4. The summed E-state index contributed by atoms with van der Waals surface area (Å²) in [5.74, 6) is -3.80. The largest absolute Gasteiger partial charge is 3.00 e. The average Bonchev–Trinajstić information content (AvgIpc) is 3.18. The Balaban J connectivity index is -0.000000374. The van der Waals surface area contributed by atoms with Crippen molar-refractivity contribution in [2.75, 3.05) is 0 Å². The smallest absolute Gasteiger partial charge is 0.549 e. The van der Waals surface area contributed by atoms with E-state index in [1.807, 2.05) is 41.5 Å². The molecule has 0 aromatic carbocycles. The summed E-state index contributed by atoms with van der Waals surface area (Å²) in [6, 6.07) is 0. The molecular weight excluding hydrogens is 748 g/mol. The van der Waals surface area contributed by atoms with Crippen LogP contribution in [0.5, 0.6) is 0 Å². The molecule has 0 saturated carbocycles. The quantitative estimate of drug-likeness (QED) is 0.0339.